The van der Waals surface area contributed by atoms with Crippen LogP contribution in [0.5, 0.6) is 5.75 Å². The van der Waals surface area contributed by atoms with Gasteiger partial charge in [-0.15, -0.1) is 0 Å². The molecule has 6 nitrogen and oxygen atoms in total. The number of ether oxygens (including phenoxy) is 1. The summed E-state index contributed by atoms with van der Waals surface area (Å²) in [5.74, 6) is -0.0718. The second-order valence-corrected chi connectivity index (χ2v) is 9.64. The van der Waals surface area contributed by atoms with E-state index in [1.165, 1.54) is 18.3 Å². The fraction of sp³-hybridized carbons (Fsp3) is 0.125. The molecule has 0 saturated carbocycles. The first kappa shape index (κ1) is 27.3. The van der Waals surface area contributed by atoms with E-state index in [4.69, 9.17) is 51.1 Å². The fourth-order valence-corrected chi connectivity index (χ4v) is 3.90. The molecule has 0 radical (unpaired) electrons. The maximum absolute atomic E-state index is 12.1. The van der Waals surface area contributed by atoms with Gasteiger partial charge in [0.15, 0.2) is 0 Å². The summed E-state index contributed by atoms with van der Waals surface area (Å²) in [6, 6.07) is 15.2. The molecule has 0 spiro atoms. The van der Waals surface area contributed by atoms with Gasteiger partial charge in [0.2, 0.25) is 5.91 Å². The quantitative estimate of drug-likeness (QED) is 0.202. The molecule has 2 N–H and O–H groups in total. The van der Waals surface area contributed by atoms with Crippen LogP contribution < -0.4 is 15.5 Å². The van der Waals surface area contributed by atoms with Crippen LogP contribution in [-0.4, -0.2) is 24.6 Å². The van der Waals surface area contributed by atoms with E-state index in [9.17, 15) is 9.59 Å². The SMILES string of the molecule is O=C(CCNC(=O)c1ccc(Cl)c(Cl)c1)NN=Cc1ccc(OCc2ccc(Cl)c(Cl)c2)c(Br)c1. The van der Waals surface area contributed by atoms with Crippen molar-refractivity contribution in [1.29, 1.82) is 0 Å². The second kappa shape index (κ2) is 13.1. The summed E-state index contributed by atoms with van der Waals surface area (Å²) in [6.45, 7) is 0.456. The highest BCUT2D eigenvalue weighted by atomic mass is 79.9. The van der Waals surface area contributed by atoms with E-state index in [-0.39, 0.29) is 29.8 Å². The minimum atomic E-state index is -0.355. The molecule has 0 unspecified atom stereocenters. The van der Waals surface area contributed by atoms with E-state index in [1.54, 1.807) is 36.4 Å². The van der Waals surface area contributed by atoms with Gasteiger partial charge >= 0.3 is 0 Å². The van der Waals surface area contributed by atoms with E-state index in [0.29, 0.717) is 33.0 Å². The molecule has 0 saturated heterocycles. The van der Waals surface area contributed by atoms with Crippen LogP contribution in [-0.2, 0) is 11.4 Å². The Kier molecular flexibility index (Phi) is 10.2. The molecule has 0 aromatic heterocycles. The Morgan fingerprint density at radius 2 is 1.63 bits per heavy atom. The molecule has 0 aliphatic carbocycles. The minimum Gasteiger partial charge on any atom is -0.488 e. The molecular formula is C24H18BrCl4N3O3. The molecule has 11 heteroatoms. The zero-order valence-corrected chi connectivity index (χ0v) is 22.6. The Morgan fingerprint density at radius 1 is 0.914 bits per heavy atom. The number of carbonyl (C=O) groups excluding carboxylic acids is 2. The van der Waals surface area contributed by atoms with Gasteiger partial charge in [-0.05, 0) is 75.6 Å². The molecular weight excluding hydrogens is 600 g/mol. The van der Waals surface area contributed by atoms with Gasteiger partial charge in [-0.3, -0.25) is 9.59 Å². The maximum Gasteiger partial charge on any atom is 0.251 e. The minimum absolute atomic E-state index is 0.0512. The van der Waals surface area contributed by atoms with Gasteiger partial charge < -0.3 is 10.1 Å². The van der Waals surface area contributed by atoms with Gasteiger partial charge in [0.1, 0.15) is 12.4 Å². The molecule has 3 aromatic carbocycles. The lowest BCUT2D eigenvalue weighted by Crippen LogP contribution is -2.29. The number of hydrazone groups is 1. The summed E-state index contributed by atoms with van der Waals surface area (Å²) < 4.78 is 6.53. The number of nitrogens with one attached hydrogen (secondary N) is 2. The van der Waals surface area contributed by atoms with E-state index in [0.717, 1.165) is 15.6 Å². The summed E-state index contributed by atoms with van der Waals surface area (Å²) in [6.07, 6.45) is 1.55. The lowest BCUT2D eigenvalue weighted by molar-refractivity contribution is -0.120. The first-order chi connectivity index (χ1) is 16.7. The van der Waals surface area contributed by atoms with Crippen LogP contribution in [0.3, 0.4) is 0 Å². The number of hydrogen-bond donors (Lipinski definition) is 2. The summed E-state index contributed by atoms with van der Waals surface area (Å²) in [5, 5.41) is 8.18. The summed E-state index contributed by atoms with van der Waals surface area (Å²) in [4.78, 5) is 24.1. The Balaban J connectivity index is 1.43. The predicted molar refractivity (Wildman–Crippen MR) is 144 cm³/mol. The number of halogens is 5. The van der Waals surface area contributed by atoms with Crippen LogP contribution in [0.15, 0.2) is 64.2 Å². The summed E-state index contributed by atoms with van der Waals surface area (Å²) in [7, 11) is 0. The van der Waals surface area contributed by atoms with Crippen molar-refractivity contribution in [2.75, 3.05) is 6.54 Å². The number of amides is 2. The summed E-state index contributed by atoms with van der Waals surface area (Å²) >= 11 is 27.2. The standard InChI is InChI=1S/C24H18BrCl4N3O3/c25-17-9-14(2-6-22(17)35-13-15-1-4-18(26)20(28)10-15)12-31-32-23(33)7-8-30-24(34)16-3-5-19(27)21(29)11-16/h1-6,9-12H,7-8,13H2,(H,30,34)(H,32,33). The average Bonchev–Trinajstić information content (AvgIpc) is 2.82. The molecule has 0 fully saturated rings. The highest BCUT2D eigenvalue weighted by Gasteiger charge is 2.09. The highest BCUT2D eigenvalue weighted by molar-refractivity contribution is 9.10. The smallest absolute Gasteiger partial charge is 0.251 e. The lowest BCUT2D eigenvalue weighted by atomic mass is 10.2. The van der Waals surface area contributed by atoms with E-state index < -0.39 is 0 Å². The Labute approximate surface area is 230 Å². The number of hydrogen-bond acceptors (Lipinski definition) is 4. The number of nitrogens with zero attached hydrogens (tertiary/aromatic N) is 1. The van der Waals surface area contributed by atoms with Crippen molar-refractivity contribution >= 4 is 80.4 Å². The number of rotatable bonds is 9. The monoisotopic (exact) mass is 615 g/mol. The van der Waals surface area contributed by atoms with Crippen molar-refractivity contribution in [1.82, 2.24) is 10.7 Å². The van der Waals surface area contributed by atoms with Crippen molar-refractivity contribution in [3.05, 3.63) is 95.9 Å². The van der Waals surface area contributed by atoms with Crippen molar-refractivity contribution in [3.8, 4) is 5.75 Å². The summed E-state index contributed by atoms with van der Waals surface area (Å²) in [5.41, 5.74) is 4.40. The Bertz CT molecular complexity index is 1270. The Morgan fingerprint density at radius 3 is 2.31 bits per heavy atom. The maximum atomic E-state index is 12.1. The largest absolute Gasteiger partial charge is 0.488 e. The fourth-order valence-electron chi connectivity index (χ4n) is 2.77. The van der Waals surface area contributed by atoms with Gasteiger partial charge in [0.25, 0.3) is 5.91 Å². The topological polar surface area (TPSA) is 79.8 Å². The first-order valence-corrected chi connectivity index (χ1v) is 12.4. The van der Waals surface area contributed by atoms with E-state index in [2.05, 4.69) is 31.8 Å². The van der Waals surface area contributed by atoms with Gasteiger partial charge in [-0.1, -0.05) is 52.5 Å². The van der Waals surface area contributed by atoms with Crippen LogP contribution in [0.2, 0.25) is 20.1 Å². The normalized spacial score (nSPS) is 10.9. The van der Waals surface area contributed by atoms with Crippen molar-refractivity contribution in [2.45, 2.75) is 13.0 Å². The van der Waals surface area contributed by atoms with Crippen molar-refractivity contribution in [3.63, 3.8) is 0 Å². The van der Waals surface area contributed by atoms with Crippen LogP contribution >= 0.6 is 62.3 Å². The number of benzene rings is 3. The third-order valence-electron chi connectivity index (χ3n) is 4.56. The van der Waals surface area contributed by atoms with Crippen LogP contribution in [0.1, 0.15) is 27.9 Å². The van der Waals surface area contributed by atoms with E-state index >= 15 is 0 Å². The molecule has 3 aromatic rings. The van der Waals surface area contributed by atoms with Gasteiger partial charge in [-0.2, -0.15) is 5.10 Å². The van der Waals surface area contributed by atoms with Gasteiger partial charge in [-0.25, -0.2) is 5.43 Å². The molecule has 3 rings (SSSR count). The highest BCUT2D eigenvalue weighted by Crippen LogP contribution is 2.28. The van der Waals surface area contributed by atoms with Gasteiger partial charge in [0, 0.05) is 18.5 Å². The molecule has 0 aliphatic heterocycles. The molecule has 0 aliphatic rings. The third kappa shape index (κ3) is 8.40. The van der Waals surface area contributed by atoms with Crippen LogP contribution in [0, 0.1) is 0 Å². The van der Waals surface area contributed by atoms with Crippen LogP contribution in [0.4, 0.5) is 0 Å². The molecule has 35 heavy (non-hydrogen) atoms. The molecule has 0 atom stereocenters. The average molecular weight is 618 g/mol. The van der Waals surface area contributed by atoms with Crippen LogP contribution in [0.25, 0.3) is 0 Å². The molecule has 0 heterocycles. The van der Waals surface area contributed by atoms with E-state index in [1.807, 2.05) is 6.07 Å². The zero-order chi connectivity index (χ0) is 25.4. The lowest BCUT2D eigenvalue weighted by Gasteiger charge is -2.09. The molecule has 2 amide bonds. The molecule has 182 valence electrons. The molecule has 0 bridgehead atoms. The Hall–Kier alpha value is -2.29. The zero-order valence-electron chi connectivity index (χ0n) is 18.0. The van der Waals surface area contributed by atoms with Gasteiger partial charge in [0.05, 0.1) is 30.8 Å². The number of carbonyl (C=O) groups is 2. The van der Waals surface area contributed by atoms with Crippen molar-refractivity contribution < 1.29 is 14.3 Å². The van der Waals surface area contributed by atoms with Crippen molar-refractivity contribution in [2.24, 2.45) is 5.10 Å². The second-order valence-electron chi connectivity index (χ2n) is 7.15. The predicted octanol–water partition coefficient (Wildman–Crippen LogP) is 6.91. The first-order valence-electron chi connectivity index (χ1n) is 10.1. The third-order valence-corrected chi connectivity index (χ3v) is 6.65.